The molecule has 174 valence electrons. The summed E-state index contributed by atoms with van der Waals surface area (Å²) in [6, 6.07) is 9.04. The molecule has 0 spiro atoms. The predicted octanol–water partition coefficient (Wildman–Crippen LogP) is 1.84. The van der Waals surface area contributed by atoms with Crippen LogP contribution in [-0.2, 0) is 23.1 Å². The quantitative estimate of drug-likeness (QED) is 0.518. The summed E-state index contributed by atoms with van der Waals surface area (Å²) in [4.78, 5) is 40.2. The average Bonchev–Trinajstić information content (AvgIpc) is 3.49. The van der Waals surface area contributed by atoms with Crippen LogP contribution in [0, 0.1) is 0 Å². The lowest BCUT2D eigenvalue weighted by Gasteiger charge is -2.26. The van der Waals surface area contributed by atoms with Crippen LogP contribution in [-0.4, -0.2) is 70.7 Å². The van der Waals surface area contributed by atoms with Crippen LogP contribution in [0.3, 0.4) is 0 Å². The van der Waals surface area contributed by atoms with Crippen molar-refractivity contribution in [2.75, 3.05) is 44.4 Å². The van der Waals surface area contributed by atoms with Gasteiger partial charge in [-0.25, -0.2) is 9.97 Å². The Kier molecular flexibility index (Phi) is 6.39. The average molecular weight is 470 g/mol. The molecule has 0 N–H and O–H groups in total. The van der Waals surface area contributed by atoms with Crippen LogP contribution in [0.5, 0.6) is 5.75 Å². The zero-order valence-electron chi connectivity index (χ0n) is 18.6. The van der Waals surface area contributed by atoms with Crippen LogP contribution < -0.4 is 15.2 Å². The van der Waals surface area contributed by atoms with E-state index in [1.807, 2.05) is 35.2 Å². The molecular formula is C23H27N5O4S. The lowest BCUT2D eigenvalue weighted by Crippen LogP contribution is -2.38. The zero-order valence-corrected chi connectivity index (χ0v) is 19.4. The lowest BCUT2D eigenvalue weighted by atomic mass is 10.1. The Balaban J connectivity index is 1.35. The van der Waals surface area contributed by atoms with Crippen molar-refractivity contribution in [3.05, 3.63) is 46.5 Å². The van der Waals surface area contributed by atoms with Crippen LogP contribution >= 0.6 is 11.3 Å². The van der Waals surface area contributed by atoms with Gasteiger partial charge in [0.25, 0.3) is 5.56 Å². The van der Waals surface area contributed by atoms with Gasteiger partial charge in [0, 0.05) is 26.7 Å². The molecule has 0 saturated carbocycles. The van der Waals surface area contributed by atoms with Crippen LogP contribution in [0.2, 0.25) is 0 Å². The minimum Gasteiger partial charge on any atom is -0.486 e. The van der Waals surface area contributed by atoms with Gasteiger partial charge in [0.15, 0.2) is 21.3 Å². The number of hydrogen-bond acceptors (Lipinski definition) is 9. The van der Waals surface area contributed by atoms with Crippen molar-refractivity contribution in [1.29, 1.82) is 0 Å². The second-order valence-corrected chi connectivity index (χ2v) is 9.31. The summed E-state index contributed by atoms with van der Waals surface area (Å²) < 4.78 is 12.7. The van der Waals surface area contributed by atoms with Gasteiger partial charge in [-0.3, -0.25) is 19.1 Å². The van der Waals surface area contributed by atoms with Gasteiger partial charge in [0.1, 0.15) is 18.2 Å². The van der Waals surface area contributed by atoms with Gasteiger partial charge in [-0.05, 0) is 25.0 Å². The summed E-state index contributed by atoms with van der Waals surface area (Å²) >= 11 is 1.38. The van der Waals surface area contributed by atoms with Gasteiger partial charge in [-0.2, -0.15) is 0 Å². The molecule has 4 heterocycles. The highest BCUT2D eigenvalue weighted by molar-refractivity contribution is 7.21. The van der Waals surface area contributed by atoms with Gasteiger partial charge in [0.05, 0.1) is 25.8 Å². The van der Waals surface area contributed by atoms with E-state index >= 15 is 0 Å². The van der Waals surface area contributed by atoms with E-state index in [4.69, 9.17) is 14.5 Å². The minimum absolute atomic E-state index is 0.0137. The fraction of sp³-hybridized carbons (Fsp3) is 0.478. The highest BCUT2D eigenvalue weighted by Gasteiger charge is 2.33. The number of fused-ring (bicyclic) bond motifs is 1. The molecule has 2 saturated heterocycles. The predicted molar refractivity (Wildman–Crippen MR) is 126 cm³/mol. The lowest BCUT2D eigenvalue weighted by molar-refractivity contribution is -0.122. The Hall–Kier alpha value is -2.82. The number of para-hydroxylation sites is 1. The molecule has 2 aliphatic rings. The molecule has 1 aromatic carbocycles. The number of hydrogen-bond donors (Lipinski definition) is 0. The van der Waals surface area contributed by atoms with E-state index < -0.39 is 0 Å². The molecule has 1 unspecified atom stereocenters. The van der Waals surface area contributed by atoms with Crippen molar-refractivity contribution in [1.82, 2.24) is 19.4 Å². The van der Waals surface area contributed by atoms with Crippen LogP contribution in [0.4, 0.5) is 5.13 Å². The smallest absolute Gasteiger partial charge is 0.280 e. The maximum absolute atomic E-state index is 13.0. The van der Waals surface area contributed by atoms with Gasteiger partial charge >= 0.3 is 0 Å². The van der Waals surface area contributed by atoms with Crippen molar-refractivity contribution in [2.24, 2.45) is 7.05 Å². The fourth-order valence-corrected chi connectivity index (χ4v) is 5.33. The Morgan fingerprint density at radius 1 is 1.18 bits per heavy atom. The SMILES string of the molecule is Cn1c(CN2CCOCC2)nc2sc(N3CCCC3C(=O)COc3ccccc3)nc2c1=O. The number of nitrogens with zero attached hydrogens (tertiary/aromatic N) is 5. The number of carbonyl (C=O) groups is 1. The molecule has 2 fully saturated rings. The Morgan fingerprint density at radius 2 is 1.97 bits per heavy atom. The van der Waals surface area contributed by atoms with Gasteiger partial charge < -0.3 is 14.4 Å². The third-order valence-corrected chi connectivity index (χ3v) is 7.17. The first kappa shape index (κ1) is 22.0. The number of ether oxygens (including phenoxy) is 2. The number of ketones is 1. The third kappa shape index (κ3) is 4.64. The highest BCUT2D eigenvalue weighted by atomic mass is 32.1. The van der Waals surface area contributed by atoms with Crippen LogP contribution in [0.25, 0.3) is 10.3 Å². The molecule has 3 aromatic rings. The molecule has 1 atom stereocenters. The largest absolute Gasteiger partial charge is 0.486 e. The minimum atomic E-state index is -0.300. The number of Topliss-reactive ketones (excluding diaryl/α,β-unsaturated/α-hetero) is 1. The number of morpholine rings is 1. The number of carbonyl (C=O) groups excluding carboxylic acids is 1. The van der Waals surface area contributed by atoms with E-state index in [0.717, 1.165) is 38.3 Å². The van der Waals surface area contributed by atoms with Crippen LogP contribution in [0.1, 0.15) is 18.7 Å². The normalized spacial score (nSPS) is 19.3. The molecule has 5 rings (SSSR count). The molecule has 9 nitrogen and oxygen atoms in total. The van der Waals surface area contributed by atoms with Crippen molar-refractivity contribution >= 4 is 32.6 Å². The molecule has 0 aliphatic carbocycles. The highest BCUT2D eigenvalue weighted by Crippen LogP contribution is 2.32. The first-order valence-electron chi connectivity index (χ1n) is 11.2. The topological polar surface area (TPSA) is 89.8 Å². The second-order valence-electron chi connectivity index (χ2n) is 8.35. The number of rotatable bonds is 7. The van der Waals surface area contributed by atoms with Crippen molar-refractivity contribution in [2.45, 2.75) is 25.4 Å². The molecular weight excluding hydrogens is 442 g/mol. The number of thiazole rings is 1. The van der Waals surface area contributed by atoms with Gasteiger partial charge in [-0.15, -0.1) is 0 Å². The fourth-order valence-electron chi connectivity index (χ4n) is 4.31. The van der Waals surface area contributed by atoms with E-state index in [2.05, 4.69) is 9.88 Å². The summed E-state index contributed by atoms with van der Waals surface area (Å²) in [7, 11) is 1.74. The van der Waals surface area contributed by atoms with Crippen molar-refractivity contribution in [3.63, 3.8) is 0 Å². The molecule has 33 heavy (non-hydrogen) atoms. The summed E-state index contributed by atoms with van der Waals surface area (Å²) in [6.07, 6.45) is 1.64. The van der Waals surface area contributed by atoms with E-state index in [1.54, 1.807) is 11.6 Å². The molecule has 0 radical (unpaired) electrons. The van der Waals surface area contributed by atoms with E-state index in [9.17, 15) is 9.59 Å². The Bertz CT molecular complexity index is 1190. The molecule has 0 bridgehead atoms. The number of aromatic nitrogens is 3. The Morgan fingerprint density at radius 3 is 2.76 bits per heavy atom. The molecule has 2 aliphatic heterocycles. The monoisotopic (exact) mass is 469 g/mol. The second kappa shape index (κ2) is 9.58. The molecule has 10 heteroatoms. The van der Waals surface area contributed by atoms with Gasteiger partial charge in [-0.1, -0.05) is 29.5 Å². The first-order valence-corrected chi connectivity index (χ1v) is 12.1. The number of benzene rings is 1. The van der Waals surface area contributed by atoms with E-state index in [0.29, 0.717) is 41.0 Å². The standard InChI is InChI=1S/C23H27N5O4S/c1-26-19(14-27-10-12-31-13-11-27)24-21-20(22(26)30)25-23(33-21)28-9-5-8-17(28)18(29)15-32-16-6-3-2-4-7-16/h2-4,6-7,17H,5,8-15H2,1H3. The maximum atomic E-state index is 13.0. The summed E-state index contributed by atoms with van der Waals surface area (Å²) in [5.41, 5.74) is 0.210. The van der Waals surface area contributed by atoms with Crippen molar-refractivity contribution in [3.8, 4) is 5.75 Å². The zero-order chi connectivity index (χ0) is 22.8. The Labute approximate surface area is 195 Å². The van der Waals surface area contributed by atoms with E-state index in [-0.39, 0.29) is 24.0 Å². The summed E-state index contributed by atoms with van der Waals surface area (Å²) in [5.74, 6) is 1.41. The third-order valence-electron chi connectivity index (χ3n) is 6.19. The van der Waals surface area contributed by atoms with Gasteiger partial charge in [0.2, 0.25) is 0 Å². The summed E-state index contributed by atoms with van der Waals surface area (Å²) in [5, 5.41) is 0.675. The van der Waals surface area contributed by atoms with Crippen LogP contribution in [0.15, 0.2) is 35.1 Å². The maximum Gasteiger partial charge on any atom is 0.280 e. The molecule has 2 aromatic heterocycles. The molecule has 0 amide bonds. The van der Waals surface area contributed by atoms with Crippen molar-refractivity contribution < 1.29 is 14.3 Å². The van der Waals surface area contributed by atoms with E-state index in [1.165, 1.54) is 11.3 Å². The number of anilines is 1. The summed E-state index contributed by atoms with van der Waals surface area (Å²) in [6.45, 7) is 4.37. The first-order chi connectivity index (χ1) is 16.1.